The summed E-state index contributed by atoms with van der Waals surface area (Å²) in [5.74, 6) is 1.18. The minimum Gasteiger partial charge on any atom is -0.542 e. The molecule has 3 aromatic carbocycles. The number of carboxylic acid groups (broad SMARTS) is 1. The Balaban J connectivity index is 0.00000112. The van der Waals surface area contributed by atoms with E-state index >= 15 is 0 Å². The zero-order valence-electron chi connectivity index (χ0n) is 31.0. The Morgan fingerprint density at radius 3 is 1.02 bits per heavy atom. The molecule has 12 heteroatoms. The molecule has 0 radical (unpaired) electrons. The molecular weight excluding hydrogens is 673 g/mol. The molecule has 0 heterocycles. The number of benzene rings is 3. The summed E-state index contributed by atoms with van der Waals surface area (Å²) in [4.78, 5) is 11.7. The number of carbonyl (C=O) groups excluding carboxylic acids is 1. The SMILES string of the molecule is CC(C)Oc1cc(OC(C)C)c([S+](c2ccccc2)c2c(OC(C)C)cc(OC(C)C)cc2OC(C)C)c(OC(C)C)c1.O=C([O-])C(F)(F)F. The number of hydrogen-bond acceptors (Lipinski definition) is 8. The first-order chi connectivity index (χ1) is 23.2. The van der Waals surface area contributed by atoms with Crippen molar-refractivity contribution in [3.63, 3.8) is 0 Å². The lowest BCUT2D eigenvalue weighted by Crippen LogP contribution is -2.37. The van der Waals surface area contributed by atoms with Gasteiger partial charge in [0.15, 0.2) is 27.9 Å². The summed E-state index contributed by atoms with van der Waals surface area (Å²) in [6.07, 6.45) is -5.55. The number of aliphatic carboxylic acids is 1. The monoisotopic (exact) mass is 724 g/mol. The van der Waals surface area contributed by atoms with E-state index in [0.29, 0.717) is 34.5 Å². The van der Waals surface area contributed by atoms with Crippen LogP contribution in [0.5, 0.6) is 34.5 Å². The van der Waals surface area contributed by atoms with Crippen molar-refractivity contribution in [2.75, 3.05) is 0 Å². The fraction of sp³-hybridized carbons (Fsp3) is 0.500. The third-order valence-electron chi connectivity index (χ3n) is 5.80. The highest BCUT2D eigenvalue weighted by Crippen LogP contribution is 2.52. The molecule has 0 saturated carbocycles. The van der Waals surface area contributed by atoms with Gasteiger partial charge in [-0.3, -0.25) is 0 Å². The van der Waals surface area contributed by atoms with E-state index in [4.69, 9.17) is 38.3 Å². The number of hydrogen-bond donors (Lipinski definition) is 0. The van der Waals surface area contributed by atoms with Crippen LogP contribution in [0.1, 0.15) is 83.1 Å². The van der Waals surface area contributed by atoms with Crippen molar-refractivity contribution < 1.29 is 51.5 Å². The van der Waals surface area contributed by atoms with Crippen LogP contribution in [-0.2, 0) is 15.7 Å². The van der Waals surface area contributed by atoms with Crippen LogP contribution < -0.4 is 33.5 Å². The van der Waals surface area contributed by atoms with Crippen LogP contribution >= 0.6 is 0 Å². The van der Waals surface area contributed by atoms with Gasteiger partial charge in [-0.2, -0.15) is 13.2 Å². The molecule has 278 valence electrons. The maximum absolute atomic E-state index is 10.5. The van der Waals surface area contributed by atoms with Crippen molar-refractivity contribution in [2.45, 2.75) is 141 Å². The van der Waals surface area contributed by atoms with E-state index in [9.17, 15) is 13.2 Å². The van der Waals surface area contributed by atoms with E-state index < -0.39 is 23.0 Å². The van der Waals surface area contributed by atoms with Crippen LogP contribution in [0.15, 0.2) is 69.3 Å². The molecule has 0 atom stereocenters. The second-order valence-electron chi connectivity index (χ2n) is 12.9. The molecule has 0 aliphatic heterocycles. The molecule has 0 bridgehead atoms. The number of halogens is 3. The van der Waals surface area contributed by atoms with Gasteiger partial charge in [-0.1, -0.05) is 18.2 Å². The van der Waals surface area contributed by atoms with E-state index in [0.717, 1.165) is 14.7 Å². The van der Waals surface area contributed by atoms with E-state index in [1.807, 2.05) is 113 Å². The van der Waals surface area contributed by atoms with E-state index in [1.165, 1.54) is 0 Å². The van der Waals surface area contributed by atoms with Gasteiger partial charge in [-0.25, -0.2) is 0 Å². The highest BCUT2D eigenvalue weighted by Gasteiger charge is 2.43. The zero-order chi connectivity index (χ0) is 37.9. The Morgan fingerprint density at radius 1 is 0.540 bits per heavy atom. The highest BCUT2D eigenvalue weighted by molar-refractivity contribution is 7.97. The second-order valence-corrected chi connectivity index (χ2v) is 14.8. The molecule has 0 spiro atoms. The molecule has 0 aromatic heterocycles. The topological polar surface area (TPSA) is 95.5 Å². The van der Waals surface area contributed by atoms with Gasteiger partial charge >= 0.3 is 6.18 Å². The van der Waals surface area contributed by atoms with Crippen LogP contribution in [0.25, 0.3) is 0 Å². The molecule has 0 amide bonds. The van der Waals surface area contributed by atoms with Crippen LogP contribution in [0.2, 0.25) is 0 Å². The standard InChI is InChI=1S/C36H51O6S.C2HF3O2/c1-22(2)37-28-18-31(39-24(5)6)35(32(19-28)40-25(7)8)43(30-16-14-13-15-17-30)36-33(41-26(9)10)20-29(38-23(3)4)21-34(36)42-27(11)12;3-2(4,5)1(6)7/h13-27H,1-12H3;(H,6,7)/q+1;/p-1. The summed E-state index contributed by atoms with van der Waals surface area (Å²) in [6.45, 7) is 24.3. The number of rotatable bonds is 15. The minimum absolute atomic E-state index is 0.0115. The van der Waals surface area contributed by atoms with E-state index in [1.54, 1.807) is 0 Å². The summed E-state index contributed by atoms with van der Waals surface area (Å²) in [5, 5.41) is 8.78. The third kappa shape index (κ3) is 13.4. The normalized spacial score (nSPS) is 11.7. The lowest BCUT2D eigenvalue weighted by Gasteiger charge is -2.24. The van der Waals surface area contributed by atoms with Gasteiger partial charge in [-0.15, -0.1) is 0 Å². The first-order valence-corrected chi connectivity index (χ1v) is 17.8. The van der Waals surface area contributed by atoms with Gasteiger partial charge in [0.1, 0.15) is 28.4 Å². The Bertz CT molecular complexity index is 1360. The fourth-order valence-electron chi connectivity index (χ4n) is 4.45. The molecule has 8 nitrogen and oxygen atoms in total. The van der Waals surface area contributed by atoms with E-state index in [-0.39, 0.29) is 36.6 Å². The summed E-state index contributed by atoms with van der Waals surface area (Å²) < 4.78 is 70.2. The predicted molar refractivity (Wildman–Crippen MR) is 187 cm³/mol. The molecule has 50 heavy (non-hydrogen) atoms. The lowest BCUT2D eigenvalue weighted by atomic mass is 10.2. The van der Waals surface area contributed by atoms with Gasteiger partial charge in [-0.05, 0) is 95.2 Å². The van der Waals surface area contributed by atoms with Gasteiger partial charge in [0.05, 0.1) is 36.6 Å². The summed E-state index contributed by atoms with van der Waals surface area (Å²) in [5.41, 5.74) is 0. The molecule has 0 fully saturated rings. The van der Waals surface area contributed by atoms with Crippen molar-refractivity contribution in [3.8, 4) is 34.5 Å². The van der Waals surface area contributed by atoms with Crippen molar-refractivity contribution >= 4 is 16.9 Å². The molecular formula is C38H51F3O8S. The smallest absolute Gasteiger partial charge is 0.430 e. The average Bonchev–Trinajstić information content (AvgIpc) is 2.94. The van der Waals surface area contributed by atoms with E-state index in [2.05, 4.69) is 24.3 Å². The van der Waals surface area contributed by atoms with Crippen molar-refractivity contribution in [3.05, 3.63) is 54.6 Å². The Hall–Kier alpha value is -3.93. The molecule has 0 aliphatic carbocycles. The lowest BCUT2D eigenvalue weighted by molar-refractivity contribution is -0.344. The summed E-state index contributed by atoms with van der Waals surface area (Å²) in [6, 6.07) is 18.3. The molecule has 0 unspecified atom stereocenters. The van der Waals surface area contributed by atoms with Gasteiger partial charge in [0, 0.05) is 24.3 Å². The maximum atomic E-state index is 10.5. The molecule has 3 rings (SSSR count). The number of alkyl halides is 3. The Morgan fingerprint density at radius 2 is 0.800 bits per heavy atom. The van der Waals surface area contributed by atoms with Gasteiger partial charge in [0.2, 0.25) is 0 Å². The fourth-order valence-corrected chi connectivity index (χ4v) is 6.79. The summed E-state index contributed by atoms with van der Waals surface area (Å²) in [7, 11) is -0.780. The summed E-state index contributed by atoms with van der Waals surface area (Å²) >= 11 is 0. The molecule has 0 N–H and O–H groups in total. The van der Waals surface area contributed by atoms with Crippen LogP contribution in [0.3, 0.4) is 0 Å². The minimum atomic E-state index is -5.19. The van der Waals surface area contributed by atoms with Crippen molar-refractivity contribution in [1.82, 2.24) is 0 Å². The molecule has 0 saturated heterocycles. The first kappa shape index (κ1) is 42.2. The third-order valence-corrected chi connectivity index (χ3v) is 8.17. The zero-order valence-corrected chi connectivity index (χ0v) is 31.8. The Kier molecular flexibility index (Phi) is 16.0. The van der Waals surface area contributed by atoms with Crippen LogP contribution in [-0.4, -0.2) is 48.8 Å². The van der Waals surface area contributed by atoms with Crippen LogP contribution in [0, 0.1) is 0 Å². The molecule has 3 aromatic rings. The van der Waals surface area contributed by atoms with Gasteiger partial charge in [0.25, 0.3) is 9.79 Å². The Labute approximate surface area is 297 Å². The van der Waals surface area contributed by atoms with Crippen molar-refractivity contribution in [1.29, 1.82) is 0 Å². The first-order valence-electron chi connectivity index (χ1n) is 16.6. The second kappa shape index (κ2) is 18.9. The average molecular weight is 725 g/mol. The quantitative estimate of drug-likeness (QED) is 0.144. The highest BCUT2D eigenvalue weighted by atomic mass is 32.2. The molecule has 0 aliphatic rings. The predicted octanol–water partition coefficient (Wildman–Crippen LogP) is 8.80. The number of ether oxygens (including phenoxy) is 6. The largest absolute Gasteiger partial charge is 0.542 e. The van der Waals surface area contributed by atoms with Gasteiger partial charge < -0.3 is 38.3 Å². The number of carboxylic acids is 1. The maximum Gasteiger partial charge on any atom is 0.430 e. The van der Waals surface area contributed by atoms with Crippen molar-refractivity contribution in [2.24, 2.45) is 0 Å². The number of carbonyl (C=O) groups is 1. The van der Waals surface area contributed by atoms with Crippen LogP contribution in [0.4, 0.5) is 13.2 Å².